The number of thiazole rings is 1. The number of aromatic nitrogens is 3. The minimum atomic E-state index is -0.00162. The van der Waals surface area contributed by atoms with Crippen LogP contribution in [0.5, 0.6) is 0 Å². The van der Waals surface area contributed by atoms with E-state index in [-0.39, 0.29) is 6.04 Å². The molecule has 0 amide bonds. The molecule has 1 atom stereocenters. The summed E-state index contributed by atoms with van der Waals surface area (Å²) in [5.41, 5.74) is 10.2. The molecule has 0 aliphatic rings. The molecule has 2 rings (SSSR count). The summed E-state index contributed by atoms with van der Waals surface area (Å²) in [5, 5.41) is 4.40. The fourth-order valence-electron chi connectivity index (χ4n) is 1.73. The van der Waals surface area contributed by atoms with E-state index < -0.39 is 0 Å². The van der Waals surface area contributed by atoms with Gasteiger partial charge in [-0.25, -0.2) is 0 Å². The van der Waals surface area contributed by atoms with Gasteiger partial charge in [-0.3, -0.25) is 9.67 Å². The normalized spacial score (nSPS) is 12.9. The van der Waals surface area contributed by atoms with E-state index in [1.807, 2.05) is 23.4 Å². The van der Waals surface area contributed by atoms with Gasteiger partial charge in [0, 0.05) is 24.5 Å². The minimum absolute atomic E-state index is 0.00162. The minimum Gasteiger partial charge on any atom is -0.322 e. The molecule has 4 nitrogen and oxygen atoms in total. The predicted molar refractivity (Wildman–Crippen MR) is 65.3 cm³/mol. The van der Waals surface area contributed by atoms with E-state index in [0.717, 1.165) is 24.2 Å². The number of aryl methyl sites for hydroxylation is 2. The van der Waals surface area contributed by atoms with Crippen LogP contribution in [-0.4, -0.2) is 14.8 Å². The van der Waals surface area contributed by atoms with Crippen molar-refractivity contribution in [3.05, 3.63) is 34.0 Å². The molecule has 0 radical (unpaired) electrons. The number of nitrogens with zero attached hydrogens (tertiary/aromatic N) is 3. The van der Waals surface area contributed by atoms with Crippen LogP contribution in [0.3, 0.4) is 0 Å². The lowest BCUT2D eigenvalue weighted by Crippen LogP contribution is -2.16. The summed E-state index contributed by atoms with van der Waals surface area (Å²) < 4.78 is 1.88. The second kappa shape index (κ2) is 4.76. The molecule has 0 fully saturated rings. The van der Waals surface area contributed by atoms with Crippen molar-refractivity contribution < 1.29 is 0 Å². The monoisotopic (exact) mass is 236 g/mol. The van der Waals surface area contributed by atoms with Crippen molar-refractivity contribution >= 4 is 11.3 Å². The summed E-state index contributed by atoms with van der Waals surface area (Å²) in [6.07, 6.45) is 3.65. The maximum absolute atomic E-state index is 6.17. The molecule has 2 heterocycles. The third-order valence-electron chi connectivity index (χ3n) is 2.61. The standard InChI is InChI=1S/C11H16N4S/c1-3-8-4-11(15(2)14-8)10(12)5-9-6-13-7-16-9/h4,6-7,10H,3,5,12H2,1-2H3. The first-order valence-electron chi connectivity index (χ1n) is 5.36. The van der Waals surface area contributed by atoms with Gasteiger partial charge in [-0.05, 0) is 12.5 Å². The van der Waals surface area contributed by atoms with Crippen LogP contribution in [0.25, 0.3) is 0 Å². The summed E-state index contributed by atoms with van der Waals surface area (Å²) in [5.74, 6) is 0. The molecule has 0 aliphatic heterocycles. The number of rotatable bonds is 4. The zero-order valence-electron chi connectivity index (χ0n) is 9.55. The van der Waals surface area contributed by atoms with E-state index in [1.54, 1.807) is 11.3 Å². The van der Waals surface area contributed by atoms with Crippen LogP contribution in [0.1, 0.15) is 29.2 Å². The van der Waals surface area contributed by atoms with Crippen LogP contribution in [0.4, 0.5) is 0 Å². The molecule has 0 saturated heterocycles. The van der Waals surface area contributed by atoms with Crippen LogP contribution in [0.15, 0.2) is 17.8 Å². The van der Waals surface area contributed by atoms with Gasteiger partial charge in [0.25, 0.3) is 0 Å². The molecule has 0 saturated carbocycles. The van der Waals surface area contributed by atoms with Crippen molar-refractivity contribution in [3.8, 4) is 0 Å². The van der Waals surface area contributed by atoms with Gasteiger partial charge in [-0.1, -0.05) is 6.92 Å². The molecule has 16 heavy (non-hydrogen) atoms. The van der Waals surface area contributed by atoms with Crippen molar-refractivity contribution in [1.82, 2.24) is 14.8 Å². The van der Waals surface area contributed by atoms with Gasteiger partial charge in [-0.2, -0.15) is 5.10 Å². The number of nitrogens with two attached hydrogens (primary N) is 1. The fraction of sp³-hybridized carbons (Fsp3) is 0.455. The van der Waals surface area contributed by atoms with Gasteiger partial charge in [0.1, 0.15) is 0 Å². The molecule has 2 aromatic rings. The van der Waals surface area contributed by atoms with Crippen molar-refractivity contribution in [2.24, 2.45) is 12.8 Å². The van der Waals surface area contributed by atoms with Crippen molar-refractivity contribution in [1.29, 1.82) is 0 Å². The van der Waals surface area contributed by atoms with Crippen molar-refractivity contribution in [2.45, 2.75) is 25.8 Å². The van der Waals surface area contributed by atoms with Gasteiger partial charge in [0.05, 0.1) is 22.9 Å². The second-order valence-electron chi connectivity index (χ2n) is 3.82. The topological polar surface area (TPSA) is 56.7 Å². The van der Waals surface area contributed by atoms with Crippen molar-refractivity contribution in [2.75, 3.05) is 0 Å². The molecular formula is C11H16N4S. The Morgan fingerprint density at radius 2 is 2.38 bits per heavy atom. The van der Waals surface area contributed by atoms with E-state index >= 15 is 0 Å². The molecule has 2 aromatic heterocycles. The Balaban J connectivity index is 2.14. The summed E-state index contributed by atoms with van der Waals surface area (Å²) >= 11 is 1.64. The molecule has 0 aliphatic carbocycles. The van der Waals surface area contributed by atoms with Crippen LogP contribution in [0, 0.1) is 0 Å². The summed E-state index contributed by atoms with van der Waals surface area (Å²) in [6.45, 7) is 2.10. The third-order valence-corrected chi connectivity index (χ3v) is 3.42. The number of hydrogen-bond acceptors (Lipinski definition) is 4. The summed E-state index contributed by atoms with van der Waals surface area (Å²) in [7, 11) is 1.95. The Bertz CT molecular complexity index is 447. The lowest BCUT2D eigenvalue weighted by atomic mass is 10.1. The lowest BCUT2D eigenvalue weighted by molar-refractivity contribution is 0.617. The molecule has 5 heteroatoms. The highest BCUT2D eigenvalue weighted by molar-refractivity contribution is 7.09. The first-order chi connectivity index (χ1) is 7.70. The average molecular weight is 236 g/mol. The van der Waals surface area contributed by atoms with E-state index in [4.69, 9.17) is 5.73 Å². The first kappa shape index (κ1) is 11.3. The average Bonchev–Trinajstić information content (AvgIpc) is 2.87. The molecule has 0 spiro atoms. The molecular weight excluding hydrogens is 220 g/mol. The van der Waals surface area contributed by atoms with Gasteiger partial charge in [0.15, 0.2) is 0 Å². The highest BCUT2D eigenvalue weighted by atomic mass is 32.1. The Hall–Kier alpha value is -1.20. The third kappa shape index (κ3) is 2.31. The Labute approximate surface area is 99.1 Å². The van der Waals surface area contributed by atoms with E-state index in [2.05, 4.69) is 23.1 Å². The van der Waals surface area contributed by atoms with Gasteiger partial charge >= 0.3 is 0 Å². The molecule has 0 aromatic carbocycles. The van der Waals surface area contributed by atoms with Gasteiger partial charge < -0.3 is 5.73 Å². The van der Waals surface area contributed by atoms with Crippen molar-refractivity contribution in [3.63, 3.8) is 0 Å². The van der Waals surface area contributed by atoms with Gasteiger partial charge in [-0.15, -0.1) is 11.3 Å². The van der Waals surface area contributed by atoms with Crippen LogP contribution in [-0.2, 0) is 19.9 Å². The number of hydrogen-bond donors (Lipinski definition) is 1. The fourth-order valence-corrected chi connectivity index (χ4v) is 2.38. The SMILES string of the molecule is CCc1cc(C(N)Cc2cncs2)n(C)n1. The van der Waals surface area contributed by atoms with Crippen LogP contribution >= 0.6 is 11.3 Å². The Morgan fingerprint density at radius 1 is 1.56 bits per heavy atom. The van der Waals surface area contributed by atoms with Crippen LogP contribution < -0.4 is 5.73 Å². The molecule has 86 valence electrons. The maximum Gasteiger partial charge on any atom is 0.0794 e. The quantitative estimate of drug-likeness (QED) is 0.878. The highest BCUT2D eigenvalue weighted by Crippen LogP contribution is 2.18. The summed E-state index contributed by atoms with van der Waals surface area (Å²) in [6, 6.07) is 2.09. The zero-order valence-corrected chi connectivity index (χ0v) is 10.4. The van der Waals surface area contributed by atoms with Gasteiger partial charge in [0.2, 0.25) is 0 Å². The lowest BCUT2D eigenvalue weighted by Gasteiger charge is -2.09. The zero-order chi connectivity index (χ0) is 11.5. The first-order valence-corrected chi connectivity index (χ1v) is 6.24. The van der Waals surface area contributed by atoms with E-state index in [1.165, 1.54) is 4.88 Å². The Morgan fingerprint density at radius 3 is 2.94 bits per heavy atom. The molecule has 0 bridgehead atoms. The predicted octanol–water partition coefficient (Wildman–Crippen LogP) is 1.68. The smallest absolute Gasteiger partial charge is 0.0794 e. The second-order valence-corrected chi connectivity index (χ2v) is 4.79. The maximum atomic E-state index is 6.17. The highest BCUT2D eigenvalue weighted by Gasteiger charge is 2.13. The molecule has 1 unspecified atom stereocenters. The van der Waals surface area contributed by atoms with E-state index in [0.29, 0.717) is 0 Å². The largest absolute Gasteiger partial charge is 0.322 e. The van der Waals surface area contributed by atoms with Crippen LogP contribution in [0.2, 0.25) is 0 Å². The van der Waals surface area contributed by atoms with E-state index in [9.17, 15) is 0 Å². The molecule has 2 N–H and O–H groups in total. The Kier molecular flexibility index (Phi) is 3.36. The summed E-state index contributed by atoms with van der Waals surface area (Å²) in [4.78, 5) is 5.27.